The Balaban J connectivity index is 2.09. The Kier molecular flexibility index (Phi) is 8.59. The van der Waals surface area contributed by atoms with Crippen molar-refractivity contribution < 1.29 is 37.3 Å². The maximum atomic E-state index is 13.9. The number of halogens is 3. The second-order valence-electron chi connectivity index (χ2n) is 6.23. The maximum Gasteiger partial charge on any atom is 0.430 e. The standard InChI is InChI=1S/C21H21F3N2O5/c22-21(23,24)20(12-7-13-27,31-15-17-10-5-2-6-11-17)18(28)25-26-19(29)30-14-16-8-3-1-4-9-16/h1-12,27H,13-15H2,(H,25,28)(H,26,29)/t20-/m1/s1. The molecule has 2 rings (SSSR count). The van der Waals surface area contributed by atoms with E-state index in [9.17, 15) is 22.8 Å². The van der Waals surface area contributed by atoms with Crippen LogP contribution < -0.4 is 10.9 Å². The lowest BCUT2D eigenvalue weighted by atomic mass is 10.0. The normalized spacial score (nSPS) is 13.4. The van der Waals surface area contributed by atoms with Crippen LogP contribution in [0.5, 0.6) is 0 Å². The molecule has 0 aliphatic carbocycles. The second-order valence-corrected chi connectivity index (χ2v) is 6.23. The molecule has 7 nitrogen and oxygen atoms in total. The highest BCUT2D eigenvalue weighted by molar-refractivity contribution is 5.89. The van der Waals surface area contributed by atoms with Crippen LogP contribution in [-0.4, -0.2) is 35.5 Å². The second kappa shape index (κ2) is 11.1. The lowest BCUT2D eigenvalue weighted by Crippen LogP contribution is -2.60. The topological polar surface area (TPSA) is 96.9 Å². The van der Waals surface area contributed by atoms with Gasteiger partial charge in [0, 0.05) is 0 Å². The van der Waals surface area contributed by atoms with Crippen molar-refractivity contribution in [3.05, 3.63) is 83.9 Å². The van der Waals surface area contributed by atoms with Gasteiger partial charge in [0.1, 0.15) is 6.61 Å². The van der Waals surface area contributed by atoms with Crippen molar-refractivity contribution in [1.82, 2.24) is 10.9 Å². The smallest absolute Gasteiger partial charge is 0.430 e. The molecule has 2 amide bonds. The number of nitrogens with one attached hydrogen (secondary N) is 2. The zero-order valence-corrected chi connectivity index (χ0v) is 16.3. The van der Waals surface area contributed by atoms with E-state index in [4.69, 9.17) is 14.6 Å². The SMILES string of the molecule is O=C(NNC(=O)[C@@](C=CCO)(OCc1ccccc1)C(F)(F)F)OCc1ccccc1. The number of benzene rings is 2. The van der Waals surface area contributed by atoms with Gasteiger partial charge in [-0.15, -0.1) is 0 Å². The number of aliphatic hydroxyl groups is 1. The Labute approximate surface area is 176 Å². The molecule has 0 aliphatic heterocycles. The van der Waals surface area contributed by atoms with Crippen molar-refractivity contribution in [2.24, 2.45) is 0 Å². The summed E-state index contributed by atoms with van der Waals surface area (Å²) in [6.45, 7) is -1.46. The molecule has 1 atom stereocenters. The van der Waals surface area contributed by atoms with Crippen LogP contribution in [0.25, 0.3) is 0 Å². The average molecular weight is 438 g/mol. The quantitative estimate of drug-likeness (QED) is 0.435. The number of amides is 2. The molecule has 0 radical (unpaired) electrons. The Bertz CT molecular complexity index is 876. The van der Waals surface area contributed by atoms with Gasteiger partial charge in [-0.05, 0) is 17.2 Å². The van der Waals surface area contributed by atoms with Crippen molar-refractivity contribution >= 4 is 12.0 Å². The zero-order chi connectivity index (χ0) is 22.7. The number of carbonyl (C=O) groups is 2. The third-order valence-electron chi connectivity index (χ3n) is 4.02. The first-order valence-electron chi connectivity index (χ1n) is 9.09. The molecular weight excluding hydrogens is 417 g/mol. The summed E-state index contributed by atoms with van der Waals surface area (Å²) in [7, 11) is 0. The van der Waals surface area contributed by atoms with Crippen molar-refractivity contribution in [3.63, 3.8) is 0 Å². The highest BCUT2D eigenvalue weighted by atomic mass is 19.4. The molecule has 10 heteroatoms. The summed E-state index contributed by atoms with van der Waals surface area (Å²) in [5.74, 6) is -1.71. The molecule has 0 bridgehead atoms. The molecule has 31 heavy (non-hydrogen) atoms. The summed E-state index contributed by atoms with van der Waals surface area (Å²) in [6, 6.07) is 16.5. The lowest BCUT2D eigenvalue weighted by molar-refractivity contribution is -0.253. The van der Waals surface area contributed by atoms with Crippen LogP contribution in [0.1, 0.15) is 11.1 Å². The molecule has 2 aromatic carbocycles. The van der Waals surface area contributed by atoms with Crippen LogP contribution >= 0.6 is 0 Å². The van der Waals surface area contributed by atoms with Crippen molar-refractivity contribution in [1.29, 1.82) is 0 Å². The highest BCUT2D eigenvalue weighted by Crippen LogP contribution is 2.36. The van der Waals surface area contributed by atoms with E-state index in [1.165, 1.54) is 12.1 Å². The van der Waals surface area contributed by atoms with E-state index in [1.807, 2.05) is 0 Å². The predicted octanol–water partition coefficient (Wildman–Crippen LogP) is 3.01. The largest absolute Gasteiger partial charge is 0.443 e. The van der Waals surface area contributed by atoms with E-state index >= 15 is 0 Å². The van der Waals surface area contributed by atoms with E-state index in [2.05, 4.69) is 0 Å². The Hall–Kier alpha value is -3.37. The molecular formula is C21H21F3N2O5. The predicted molar refractivity (Wildman–Crippen MR) is 104 cm³/mol. The molecule has 0 heterocycles. The van der Waals surface area contributed by atoms with Crippen LogP contribution in [0, 0.1) is 0 Å². The average Bonchev–Trinajstić information content (AvgIpc) is 2.77. The molecule has 0 saturated heterocycles. The molecule has 3 N–H and O–H groups in total. The molecule has 0 unspecified atom stereocenters. The number of ether oxygens (including phenoxy) is 2. The molecule has 0 aromatic heterocycles. The fourth-order valence-electron chi connectivity index (χ4n) is 2.44. The first-order chi connectivity index (χ1) is 14.8. The summed E-state index contributed by atoms with van der Waals surface area (Å²) in [5, 5.41) is 8.93. The molecule has 166 valence electrons. The monoisotopic (exact) mass is 438 g/mol. The molecule has 0 saturated carbocycles. The fraction of sp³-hybridized carbons (Fsp3) is 0.238. The van der Waals surface area contributed by atoms with E-state index in [0.717, 1.165) is 6.08 Å². The van der Waals surface area contributed by atoms with Gasteiger partial charge >= 0.3 is 12.3 Å². The molecule has 2 aromatic rings. The first-order valence-corrected chi connectivity index (χ1v) is 9.09. The van der Waals surface area contributed by atoms with Gasteiger partial charge in [-0.1, -0.05) is 66.7 Å². The van der Waals surface area contributed by atoms with Crippen LogP contribution in [0.2, 0.25) is 0 Å². The number of carbonyl (C=O) groups excluding carboxylic acids is 2. The van der Waals surface area contributed by atoms with Gasteiger partial charge in [0.25, 0.3) is 11.5 Å². The Morgan fingerprint density at radius 3 is 1.97 bits per heavy atom. The number of hydrogen-bond donors (Lipinski definition) is 3. The highest BCUT2D eigenvalue weighted by Gasteiger charge is 2.60. The van der Waals surface area contributed by atoms with E-state index in [0.29, 0.717) is 17.2 Å². The minimum atomic E-state index is -5.20. The third kappa shape index (κ3) is 6.83. The number of hydrazine groups is 1. The lowest BCUT2D eigenvalue weighted by Gasteiger charge is -2.31. The van der Waals surface area contributed by atoms with Gasteiger partial charge in [-0.3, -0.25) is 10.2 Å². The minimum Gasteiger partial charge on any atom is -0.443 e. The molecule has 0 spiro atoms. The van der Waals surface area contributed by atoms with Crippen molar-refractivity contribution in [2.45, 2.75) is 25.0 Å². The maximum absolute atomic E-state index is 13.9. The number of rotatable bonds is 8. The van der Waals surface area contributed by atoms with Gasteiger partial charge in [0.05, 0.1) is 13.2 Å². The number of alkyl halides is 3. The number of aliphatic hydroxyl groups excluding tert-OH is 1. The fourth-order valence-corrected chi connectivity index (χ4v) is 2.44. The van der Waals surface area contributed by atoms with Crippen LogP contribution in [0.3, 0.4) is 0 Å². The van der Waals surface area contributed by atoms with Gasteiger partial charge in [-0.2, -0.15) is 13.2 Å². The Morgan fingerprint density at radius 2 is 1.45 bits per heavy atom. The number of hydrogen-bond acceptors (Lipinski definition) is 5. The van der Waals surface area contributed by atoms with E-state index < -0.39 is 37.0 Å². The van der Waals surface area contributed by atoms with Crippen LogP contribution in [0.4, 0.5) is 18.0 Å². The van der Waals surface area contributed by atoms with Crippen LogP contribution in [0.15, 0.2) is 72.8 Å². The molecule has 0 aliphatic rings. The minimum absolute atomic E-state index is 0.151. The van der Waals surface area contributed by atoms with Gasteiger partial charge in [0.2, 0.25) is 0 Å². The summed E-state index contributed by atoms with van der Waals surface area (Å²) < 4.78 is 51.5. The molecule has 0 fully saturated rings. The summed E-state index contributed by atoms with van der Waals surface area (Å²) in [6.07, 6.45) is -5.25. The summed E-state index contributed by atoms with van der Waals surface area (Å²) in [4.78, 5) is 24.2. The Morgan fingerprint density at radius 1 is 0.903 bits per heavy atom. The van der Waals surface area contributed by atoms with Gasteiger partial charge in [-0.25, -0.2) is 10.2 Å². The van der Waals surface area contributed by atoms with Gasteiger partial charge < -0.3 is 14.6 Å². The van der Waals surface area contributed by atoms with E-state index in [1.54, 1.807) is 59.4 Å². The van der Waals surface area contributed by atoms with E-state index in [-0.39, 0.29) is 6.61 Å². The first kappa shape index (κ1) is 23.9. The van der Waals surface area contributed by atoms with Gasteiger partial charge in [0.15, 0.2) is 0 Å². The van der Waals surface area contributed by atoms with Crippen LogP contribution in [-0.2, 0) is 27.5 Å². The third-order valence-corrected chi connectivity index (χ3v) is 4.02. The van der Waals surface area contributed by atoms with Crippen molar-refractivity contribution in [2.75, 3.05) is 6.61 Å². The summed E-state index contributed by atoms with van der Waals surface area (Å²) >= 11 is 0. The van der Waals surface area contributed by atoms with Crippen molar-refractivity contribution in [3.8, 4) is 0 Å². The zero-order valence-electron chi connectivity index (χ0n) is 16.3. The summed E-state index contributed by atoms with van der Waals surface area (Å²) in [5.41, 5.74) is 1.01.